The lowest BCUT2D eigenvalue weighted by Gasteiger charge is -2.14. The lowest BCUT2D eigenvalue weighted by Crippen LogP contribution is -2.30. The van der Waals surface area contributed by atoms with Crippen molar-refractivity contribution in [1.29, 1.82) is 0 Å². The summed E-state index contributed by atoms with van der Waals surface area (Å²) in [4.78, 5) is 21.7. The van der Waals surface area contributed by atoms with E-state index in [1.807, 2.05) is 31.5 Å². The summed E-state index contributed by atoms with van der Waals surface area (Å²) in [6, 6.07) is 3.42. The number of nitrogens with one attached hydrogen (secondary N) is 1. The molecule has 7 nitrogen and oxygen atoms in total. The van der Waals surface area contributed by atoms with Crippen LogP contribution in [0.4, 0.5) is 4.39 Å². The third-order valence-electron chi connectivity index (χ3n) is 4.53. The number of rotatable bonds is 1. The van der Waals surface area contributed by atoms with Crippen molar-refractivity contribution in [1.82, 2.24) is 29.3 Å². The molecular formula is C19H21FN6OS. The molecule has 146 valence electrons. The third-order valence-corrected chi connectivity index (χ3v) is 5.29. The van der Waals surface area contributed by atoms with Gasteiger partial charge in [-0.05, 0) is 44.9 Å². The van der Waals surface area contributed by atoms with Gasteiger partial charge in [-0.15, -0.1) is 11.3 Å². The van der Waals surface area contributed by atoms with Gasteiger partial charge in [-0.2, -0.15) is 5.10 Å². The second-order valence-electron chi connectivity index (χ2n) is 6.84. The van der Waals surface area contributed by atoms with Gasteiger partial charge in [0.2, 0.25) is 0 Å². The number of nitrogens with zero attached hydrogens (tertiary/aromatic N) is 5. The number of piperidine rings is 1. The van der Waals surface area contributed by atoms with E-state index in [0.717, 1.165) is 36.3 Å². The molecule has 0 bridgehead atoms. The number of halogens is 1. The Hall–Kier alpha value is -2.65. The van der Waals surface area contributed by atoms with E-state index in [4.69, 9.17) is 0 Å². The van der Waals surface area contributed by atoms with Crippen molar-refractivity contribution in [3.05, 3.63) is 51.5 Å². The molecule has 28 heavy (non-hydrogen) atoms. The normalized spacial score (nSPS) is 16.9. The molecule has 0 spiro atoms. The summed E-state index contributed by atoms with van der Waals surface area (Å²) in [5.41, 5.74) is 3.89. The van der Waals surface area contributed by atoms with E-state index < -0.39 is 6.17 Å². The zero-order valence-corrected chi connectivity index (χ0v) is 16.5. The highest BCUT2D eigenvalue weighted by atomic mass is 32.1. The molecule has 1 aliphatic heterocycles. The lowest BCUT2D eigenvalue weighted by molar-refractivity contribution is 0.266. The van der Waals surface area contributed by atoms with Crippen LogP contribution in [0.3, 0.4) is 0 Å². The maximum Gasteiger partial charge on any atom is 0.259 e. The van der Waals surface area contributed by atoms with Crippen LogP contribution in [0.1, 0.15) is 24.1 Å². The smallest absolute Gasteiger partial charge is 0.259 e. The predicted octanol–water partition coefficient (Wildman–Crippen LogP) is 2.79. The van der Waals surface area contributed by atoms with Gasteiger partial charge < -0.3 is 5.32 Å². The van der Waals surface area contributed by atoms with Gasteiger partial charge in [0.05, 0.1) is 17.6 Å². The maximum atomic E-state index is 12.1. The van der Waals surface area contributed by atoms with Crippen LogP contribution in [0, 0.1) is 13.8 Å². The maximum absolute atomic E-state index is 12.1. The number of imidazole rings is 1. The second-order valence-corrected chi connectivity index (χ2v) is 7.71. The number of hydrogen-bond acceptors (Lipinski definition) is 6. The highest BCUT2D eigenvalue weighted by Crippen LogP contribution is 2.19. The highest BCUT2D eigenvalue weighted by Gasteiger charge is 2.11. The number of alkyl halides is 1. The van der Waals surface area contributed by atoms with Crippen LogP contribution in [-0.2, 0) is 0 Å². The van der Waals surface area contributed by atoms with Crippen LogP contribution >= 0.6 is 11.3 Å². The van der Waals surface area contributed by atoms with Crippen molar-refractivity contribution in [2.24, 2.45) is 0 Å². The highest BCUT2D eigenvalue weighted by molar-refractivity contribution is 7.15. The van der Waals surface area contributed by atoms with Gasteiger partial charge in [0.25, 0.3) is 5.56 Å². The molecule has 1 unspecified atom stereocenters. The molecule has 1 fully saturated rings. The second kappa shape index (κ2) is 7.76. The molecule has 1 aliphatic rings. The average Bonchev–Trinajstić information content (AvgIpc) is 3.29. The molecule has 1 N–H and O–H groups in total. The standard InChI is InChI=1S/C14H11N5OS.C5H10FN/c1-8-5-11(17-19-7-9(2)15-13(8)19)10-6-12(20)18-3-4-21-14(18)16-10;6-5-2-1-3-7-4-5/h3-7H,1-2H3;5,7H,1-4H2. The van der Waals surface area contributed by atoms with Crippen LogP contribution in [0.15, 0.2) is 34.7 Å². The Morgan fingerprint density at radius 1 is 1.25 bits per heavy atom. The van der Waals surface area contributed by atoms with E-state index in [-0.39, 0.29) is 5.56 Å². The van der Waals surface area contributed by atoms with Crippen LogP contribution < -0.4 is 10.9 Å². The first kappa shape index (κ1) is 18.7. The average molecular weight is 400 g/mol. The molecule has 0 amide bonds. The first-order chi connectivity index (χ1) is 13.5. The fourth-order valence-corrected chi connectivity index (χ4v) is 3.87. The Balaban J connectivity index is 0.000000233. The minimum absolute atomic E-state index is 0.0994. The van der Waals surface area contributed by atoms with Gasteiger partial charge in [-0.3, -0.25) is 9.20 Å². The molecule has 0 aromatic carbocycles. The van der Waals surface area contributed by atoms with E-state index >= 15 is 0 Å². The van der Waals surface area contributed by atoms with E-state index in [0.29, 0.717) is 22.9 Å². The van der Waals surface area contributed by atoms with Crippen LogP contribution in [0.5, 0.6) is 0 Å². The number of thiazole rings is 1. The van der Waals surface area contributed by atoms with E-state index in [1.165, 1.54) is 21.8 Å². The van der Waals surface area contributed by atoms with Gasteiger partial charge in [0.1, 0.15) is 11.9 Å². The van der Waals surface area contributed by atoms with Crippen molar-refractivity contribution in [2.45, 2.75) is 32.9 Å². The molecule has 1 saturated heterocycles. The summed E-state index contributed by atoms with van der Waals surface area (Å²) in [6.07, 6.45) is 4.77. The summed E-state index contributed by atoms with van der Waals surface area (Å²) in [7, 11) is 0. The minimum atomic E-state index is -0.575. The van der Waals surface area contributed by atoms with E-state index in [9.17, 15) is 9.18 Å². The Bertz CT molecular complexity index is 1170. The van der Waals surface area contributed by atoms with Crippen molar-refractivity contribution >= 4 is 21.9 Å². The van der Waals surface area contributed by atoms with Gasteiger partial charge in [0.15, 0.2) is 10.6 Å². The third kappa shape index (κ3) is 3.81. The van der Waals surface area contributed by atoms with Crippen LogP contribution in [0.2, 0.25) is 0 Å². The largest absolute Gasteiger partial charge is 0.314 e. The summed E-state index contributed by atoms with van der Waals surface area (Å²) < 4.78 is 15.4. The van der Waals surface area contributed by atoms with E-state index in [1.54, 1.807) is 10.7 Å². The Morgan fingerprint density at radius 3 is 2.82 bits per heavy atom. The summed E-state index contributed by atoms with van der Waals surface area (Å²) in [5.74, 6) is 0. The summed E-state index contributed by atoms with van der Waals surface area (Å²) in [5, 5.41) is 9.31. The Morgan fingerprint density at radius 2 is 2.11 bits per heavy atom. The van der Waals surface area contributed by atoms with Crippen LogP contribution in [0.25, 0.3) is 22.0 Å². The summed E-state index contributed by atoms with van der Waals surface area (Å²) in [6.45, 7) is 5.47. The number of aromatic nitrogens is 5. The number of aryl methyl sites for hydroxylation is 2. The lowest BCUT2D eigenvalue weighted by atomic mass is 10.1. The van der Waals surface area contributed by atoms with Gasteiger partial charge in [-0.1, -0.05) is 0 Å². The quantitative estimate of drug-likeness (QED) is 0.532. The molecule has 0 aliphatic carbocycles. The molecule has 0 radical (unpaired) electrons. The number of hydrogen-bond donors (Lipinski definition) is 1. The molecular weight excluding hydrogens is 379 g/mol. The Labute approximate surface area is 164 Å². The van der Waals surface area contributed by atoms with Gasteiger partial charge in [0, 0.05) is 24.2 Å². The molecule has 9 heteroatoms. The minimum Gasteiger partial charge on any atom is -0.314 e. The summed E-state index contributed by atoms with van der Waals surface area (Å²) >= 11 is 1.43. The number of fused-ring (bicyclic) bond motifs is 2. The fourth-order valence-electron chi connectivity index (χ4n) is 3.15. The van der Waals surface area contributed by atoms with Crippen molar-refractivity contribution in [3.63, 3.8) is 0 Å². The molecule has 1 atom stereocenters. The van der Waals surface area contributed by atoms with Crippen molar-refractivity contribution in [3.8, 4) is 11.4 Å². The van der Waals surface area contributed by atoms with Crippen molar-refractivity contribution < 1.29 is 4.39 Å². The van der Waals surface area contributed by atoms with Crippen molar-refractivity contribution in [2.75, 3.05) is 13.1 Å². The van der Waals surface area contributed by atoms with Gasteiger partial charge in [-0.25, -0.2) is 18.9 Å². The SMILES string of the molecule is Cc1cn2nc(-c3cc(=O)n4ccsc4n3)cc(C)c2n1.FC1CCCNC1. The zero-order chi connectivity index (χ0) is 19.7. The van der Waals surface area contributed by atoms with E-state index in [2.05, 4.69) is 20.4 Å². The van der Waals surface area contributed by atoms with Crippen LogP contribution in [-0.4, -0.2) is 43.2 Å². The van der Waals surface area contributed by atoms with Gasteiger partial charge >= 0.3 is 0 Å². The fraction of sp³-hybridized carbons (Fsp3) is 0.368. The first-order valence-corrected chi connectivity index (χ1v) is 10.0. The Kier molecular flexibility index (Phi) is 5.19. The molecule has 4 aromatic heterocycles. The first-order valence-electron chi connectivity index (χ1n) is 9.17. The topological polar surface area (TPSA) is 76.6 Å². The zero-order valence-electron chi connectivity index (χ0n) is 15.7. The predicted molar refractivity (Wildman–Crippen MR) is 108 cm³/mol. The monoisotopic (exact) mass is 400 g/mol. The molecule has 5 rings (SSSR count). The molecule has 0 saturated carbocycles. The molecule has 5 heterocycles. The molecule has 4 aromatic rings.